The van der Waals surface area contributed by atoms with Crippen LogP contribution in [0.1, 0.15) is 137 Å². The molecule has 0 saturated heterocycles. The zero-order valence-electron chi connectivity index (χ0n) is 19.1. The van der Waals surface area contributed by atoms with Crippen molar-refractivity contribution in [3.8, 4) is 0 Å². The first-order valence-electron chi connectivity index (χ1n) is 12.4. The Kier molecular flexibility index (Phi) is 9.36. The zero-order valence-corrected chi connectivity index (χ0v) is 19.1. The van der Waals surface area contributed by atoms with Gasteiger partial charge in [-0.2, -0.15) is 0 Å². The standard InChI is InChI=1S/C26H48O/c1-25(2)20-14-7-5-10-16-22(23-18-12-9-13-19-23)17-11-6-8-15-21-26(3,4)24(25)27/h22-23H,5-21H2,1-4H3. The van der Waals surface area contributed by atoms with Gasteiger partial charge in [-0.25, -0.2) is 0 Å². The lowest BCUT2D eigenvalue weighted by Crippen LogP contribution is -2.37. The minimum atomic E-state index is -0.148. The smallest absolute Gasteiger partial charge is 0.144 e. The number of hydrogen-bond donors (Lipinski definition) is 0. The third kappa shape index (κ3) is 7.54. The maximum atomic E-state index is 13.1. The van der Waals surface area contributed by atoms with Crippen molar-refractivity contribution in [1.29, 1.82) is 0 Å². The molecule has 27 heavy (non-hydrogen) atoms. The summed E-state index contributed by atoms with van der Waals surface area (Å²) < 4.78 is 0. The quantitative estimate of drug-likeness (QED) is 0.448. The molecule has 2 fully saturated rings. The first-order chi connectivity index (χ1) is 12.8. The SMILES string of the molecule is CC1(C)CCCCCCC(C2CCCCC2)CCCCCCC(C)(C)C1=O. The van der Waals surface area contributed by atoms with E-state index in [1.54, 1.807) is 0 Å². The first kappa shape index (κ1) is 23.0. The van der Waals surface area contributed by atoms with Gasteiger partial charge in [0, 0.05) is 10.8 Å². The van der Waals surface area contributed by atoms with Gasteiger partial charge < -0.3 is 0 Å². The van der Waals surface area contributed by atoms with E-state index in [-0.39, 0.29) is 10.8 Å². The Hall–Kier alpha value is -0.330. The minimum absolute atomic E-state index is 0.148. The van der Waals surface area contributed by atoms with E-state index in [1.165, 1.54) is 96.3 Å². The average molecular weight is 377 g/mol. The molecule has 1 nitrogen and oxygen atoms in total. The molecule has 0 amide bonds. The fraction of sp³-hybridized carbons (Fsp3) is 0.962. The van der Waals surface area contributed by atoms with E-state index in [0.29, 0.717) is 5.78 Å². The molecule has 0 bridgehead atoms. The number of rotatable bonds is 1. The molecule has 2 aliphatic rings. The van der Waals surface area contributed by atoms with Crippen molar-refractivity contribution in [2.45, 2.75) is 137 Å². The van der Waals surface area contributed by atoms with Crippen LogP contribution in [0.4, 0.5) is 0 Å². The summed E-state index contributed by atoms with van der Waals surface area (Å²) in [5.41, 5.74) is -0.295. The molecular formula is C26H48O. The lowest BCUT2D eigenvalue weighted by molar-refractivity contribution is -0.136. The number of carbonyl (C=O) groups excluding carboxylic acids is 1. The predicted octanol–water partition coefficient (Wildman–Crippen LogP) is 8.50. The molecule has 2 aliphatic carbocycles. The van der Waals surface area contributed by atoms with Crippen LogP contribution in [0.2, 0.25) is 0 Å². The van der Waals surface area contributed by atoms with Gasteiger partial charge in [-0.05, 0) is 24.7 Å². The lowest BCUT2D eigenvalue weighted by Gasteiger charge is -2.34. The van der Waals surface area contributed by atoms with E-state index < -0.39 is 0 Å². The van der Waals surface area contributed by atoms with Crippen LogP contribution in [0.25, 0.3) is 0 Å². The van der Waals surface area contributed by atoms with Gasteiger partial charge in [0.05, 0.1) is 0 Å². The summed E-state index contributed by atoms with van der Waals surface area (Å²) in [6, 6.07) is 0. The van der Waals surface area contributed by atoms with Crippen LogP contribution in [0, 0.1) is 22.7 Å². The van der Waals surface area contributed by atoms with Gasteiger partial charge >= 0.3 is 0 Å². The van der Waals surface area contributed by atoms with E-state index in [9.17, 15) is 4.79 Å². The molecule has 0 aromatic heterocycles. The van der Waals surface area contributed by atoms with Crippen LogP contribution in [0.5, 0.6) is 0 Å². The Morgan fingerprint density at radius 1 is 0.519 bits per heavy atom. The molecular weight excluding hydrogens is 328 g/mol. The van der Waals surface area contributed by atoms with Gasteiger partial charge in [-0.1, -0.05) is 124 Å². The Morgan fingerprint density at radius 2 is 0.815 bits per heavy atom. The molecule has 0 heterocycles. The van der Waals surface area contributed by atoms with Crippen LogP contribution in [-0.2, 0) is 4.79 Å². The summed E-state index contributed by atoms with van der Waals surface area (Å²) in [5.74, 6) is 2.54. The summed E-state index contributed by atoms with van der Waals surface area (Å²) in [5, 5.41) is 0. The second-order valence-electron chi connectivity index (χ2n) is 11.2. The molecule has 158 valence electrons. The van der Waals surface area contributed by atoms with Gasteiger partial charge in [0.1, 0.15) is 5.78 Å². The Morgan fingerprint density at radius 3 is 1.19 bits per heavy atom. The molecule has 0 aromatic carbocycles. The third-order valence-electron chi connectivity index (χ3n) is 7.80. The topological polar surface area (TPSA) is 17.1 Å². The summed E-state index contributed by atoms with van der Waals surface area (Å²) in [7, 11) is 0. The highest BCUT2D eigenvalue weighted by molar-refractivity contribution is 5.89. The second kappa shape index (κ2) is 11.0. The van der Waals surface area contributed by atoms with Crippen molar-refractivity contribution in [3.05, 3.63) is 0 Å². The average Bonchev–Trinajstić information content (AvgIpc) is 2.64. The van der Waals surface area contributed by atoms with Crippen molar-refractivity contribution in [2.75, 3.05) is 0 Å². The molecule has 0 N–H and O–H groups in total. The number of carbonyl (C=O) groups is 1. The first-order valence-corrected chi connectivity index (χ1v) is 12.4. The zero-order chi connectivity index (χ0) is 19.8. The largest absolute Gasteiger partial charge is 0.299 e. The summed E-state index contributed by atoms with van der Waals surface area (Å²) in [4.78, 5) is 13.1. The molecule has 0 unspecified atom stereocenters. The van der Waals surface area contributed by atoms with Crippen LogP contribution >= 0.6 is 0 Å². The van der Waals surface area contributed by atoms with Crippen molar-refractivity contribution in [1.82, 2.24) is 0 Å². The van der Waals surface area contributed by atoms with E-state index in [1.807, 2.05) is 0 Å². The predicted molar refractivity (Wildman–Crippen MR) is 118 cm³/mol. The maximum absolute atomic E-state index is 13.1. The Bertz CT molecular complexity index is 397. The van der Waals surface area contributed by atoms with Crippen LogP contribution in [-0.4, -0.2) is 5.78 Å². The third-order valence-corrected chi connectivity index (χ3v) is 7.80. The normalized spacial score (nSPS) is 28.1. The van der Waals surface area contributed by atoms with Crippen molar-refractivity contribution in [3.63, 3.8) is 0 Å². The van der Waals surface area contributed by atoms with E-state index in [2.05, 4.69) is 27.7 Å². The lowest BCUT2D eigenvalue weighted by atomic mass is 9.69. The highest BCUT2D eigenvalue weighted by atomic mass is 16.1. The van der Waals surface area contributed by atoms with Gasteiger partial charge in [-0.15, -0.1) is 0 Å². The summed E-state index contributed by atoms with van der Waals surface area (Å²) in [6.07, 6.45) is 23.2. The van der Waals surface area contributed by atoms with E-state index in [4.69, 9.17) is 0 Å². The van der Waals surface area contributed by atoms with Gasteiger partial charge in [-0.3, -0.25) is 4.79 Å². The van der Waals surface area contributed by atoms with E-state index >= 15 is 0 Å². The molecule has 2 saturated carbocycles. The van der Waals surface area contributed by atoms with Crippen LogP contribution in [0.15, 0.2) is 0 Å². The molecule has 0 atom stereocenters. The summed E-state index contributed by atoms with van der Waals surface area (Å²) >= 11 is 0. The fourth-order valence-corrected chi connectivity index (χ4v) is 6.02. The number of Topliss-reactive ketones (excluding diaryl/α,β-unsaturated/α-hetero) is 1. The minimum Gasteiger partial charge on any atom is -0.299 e. The van der Waals surface area contributed by atoms with Crippen molar-refractivity contribution >= 4 is 5.78 Å². The highest BCUT2D eigenvalue weighted by Crippen LogP contribution is 2.39. The van der Waals surface area contributed by atoms with Crippen molar-refractivity contribution < 1.29 is 4.79 Å². The molecule has 1 heteroatoms. The molecule has 0 radical (unpaired) electrons. The molecule has 0 aliphatic heterocycles. The number of ketones is 1. The Balaban J connectivity index is 1.92. The molecule has 0 spiro atoms. The monoisotopic (exact) mass is 376 g/mol. The van der Waals surface area contributed by atoms with Gasteiger partial charge in [0.25, 0.3) is 0 Å². The molecule has 0 aromatic rings. The van der Waals surface area contributed by atoms with Gasteiger partial charge in [0.15, 0.2) is 0 Å². The van der Waals surface area contributed by atoms with Crippen molar-refractivity contribution in [2.24, 2.45) is 22.7 Å². The highest BCUT2D eigenvalue weighted by Gasteiger charge is 2.38. The number of hydrogen-bond acceptors (Lipinski definition) is 1. The van der Waals surface area contributed by atoms with Crippen LogP contribution in [0.3, 0.4) is 0 Å². The maximum Gasteiger partial charge on any atom is 0.144 e. The second-order valence-corrected chi connectivity index (χ2v) is 11.2. The van der Waals surface area contributed by atoms with Crippen LogP contribution < -0.4 is 0 Å². The van der Waals surface area contributed by atoms with Gasteiger partial charge in [0.2, 0.25) is 0 Å². The van der Waals surface area contributed by atoms with E-state index in [0.717, 1.165) is 24.7 Å². The Labute approximate surface area is 170 Å². The molecule has 2 rings (SSSR count). The summed E-state index contributed by atoms with van der Waals surface area (Å²) in [6.45, 7) is 8.78. The fourth-order valence-electron chi connectivity index (χ4n) is 6.02.